The Morgan fingerprint density at radius 1 is 1.12 bits per heavy atom. The SMILES string of the molecule is CC(=O)c1ccc(-c2cc(Cl)cc(Cl)c2)o1. The minimum atomic E-state index is -0.112. The minimum Gasteiger partial charge on any atom is -0.453 e. The molecule has 0 aliphatic carbocycles. The fraction of sp³-hybridized carbons (Fsp3) is 0.0833. The van der Waals surface area contributed by atoms with Crippen LogP contribution >= 0.6 is 23.2 Å². The molecule has 2 aromatic rings. The molecule has 0 saturated carbocycles. The van der Waals surface area contributed by atoms with Crippen molar-refractivity contribution >= 4 is 29.0 Å². The summed E-state index contributed by atoms with van der Waals surface area (Å²) in [6, 6.07) is 8.46. The summed E-state index contributed by atoms with van der Waals surface area (Å²) in [7, 11) is 0. The van der Waals surface area contributed by atoms with E-state index in [1.807, 2.05) is 0 Å². The fourth-order valence-corrected chi connectivity index (χ4v) is 1.90. The molecule has 82 valence electrons. The van der Waals surface area contributed by atoms with Gasteiger partial charge in [-0.3, -0.25) is 4.79 Å². The molecule has 2 nitrogen and oxygen atoms in total. The average Bonchev–Trinajstić information content (AvgIpc) is 2.64. The molecule has 1 aromatic carbocycles. The van der Waals surface area contributed by atoms with E-state index in [4.69, 9.17) is 27.6 Å². The summed E-state index contributed by atoms with van der Waals surface area (Å²) in [5, 5.41) is 1.06. The van der Waals surface area contributed by atoms with Crippen molar-refractivity contribution < 1.29 is 9.21 Å². The van der Waals surface area contributed by atoms with Crippen molar-refractivity contribution in [2.24, 2.45) is 0 Å². The van der Waals surface area contributed by atoms with Gasteiger partial charge in [-0.2, -0.15) is 0 Å². The van der Waals surface area contributed by atoms with Crippen molar-refractivity contribution in [3.8, 4) is 11.3 Å². The Balaban J connectivity index is 2.46. The lowest BCUT2D eigenvalue weighted by Crippen LogP contribution is -1.86. The number of Topliss-reactive ketones (excluding diaryl/α,β-unsaturated/α-hetero) is 1. The lowest BCUT2D eigenvalue weighted by Gasteiger charge is -1.99. The average molecular weight is 255 g/mol. The molecule has 2 rings (SSSR count). The van der Waals surface area contributed by atoms with E-state index in [1.54, 1.807) is 30.3 Å². The third-order valence-corrected chi connectivity index (χ3v) is 2.54. The van der Waals surface area contributed by atoms with Gasteiger partial charge in [0.05, 0.1) is 0 Å². The van der Waals surface area contributed by atoms with Crippen LogP contribution in [0.1, 0.15) is 17.5 Å². The number of hydrogen-bond acceptors (Lipinski definition) is 2. The molecule has 0 bridgehead atoms. The standard InChI is InChI=1S/C12H8Cl2O2/c1-7(15)11-2-3-12(16-11)8-4-9(13)6-10(14)5-8/h2-6H,1H3. The predicted molar refractivity (Wildman–Crippen MR) is 64.2 cm³/mol. The molecule has 0 spiro atoms. The molecule has 16 heavy (non-hydrogen) atoms. The van der Waals surface area contributed by atoms with E-state index in [0.717, 1.165) is 5.56 Å². The number of ketones is 1. The van der Waals surface area contributed by atoms with Gasteiger partial charge >= 0.3 is 0 Å². The predicted octanol–water partition coefficient (Wildman–Crippen LogP) is 4.46. The second-order valence-corrected chi connectivity index (χ2v) is 4.25. The largest absolute Gasteiger partial charge is 0.453 e. The molecular formula is C12H8Cl2O2. The van der Waals surface area contributed by atoms with Crippen molar-refractivity contribution in [2.75, 3.05) is 0 Å². The van der Waals surface area contributed by atoms with Gasteiger partial charge in [-0.25, -0.2) is 0 Å². The third kappa shape index (κ3) is 2.29. The molecular weight excluding hydrogens is 247 g/mol. The van der Waals surface area contributed by atoms with Gasteiger partial charge in [0.25, 0.3) is 0 Å². The van der Waals surface area contributed by atoms with E-state index in [2.05, 4.69) is 0 Å². The molecule has 0 saturated heterocycles. The van der Waals surface area contributed by atoms with E-state index < -0.39 is 0 Å². The van der Waals surface area contributed by atoms with Crippen LogP contribution in [0.15, 0.2) is 34.7 Å². The first-order valence-corrected chi connectivity index (χ1v) is 5.39. The molecule has 0 amide bonds. The lowest BCUT2D eigenvalue weighted by molar-refractivity contribution is 0.0988. The van der Waals surface area contributed by atoms with Gasteiger partial charge in [0.1, 0.15) is 5.76 Å². The van der Waals surface area contributed by atoms with Gasteiger partial charge in [-0.15, -0.1) is 0 Å². The summed E-state index contributed by atoms with van der Waals surface area (Å²) < 4.78 is 5.37. The topological polar surface area (TPSA) is 30.2 Å². The highest BCUT2D eigenvalue weighted by Gasteiger charge is 2.09. The third-order valence-electron chi connectivity index (χ3n) is 2.10. The number of hydrogen-bond donors (Lipinski definition) is 0. The van der Waals surface area contributed by atoms with Crippen LogP contribution in [0.2, 0.25) is 10.0 Å². The van der Waals surface area contributed by atoms with Crippen LogP contribution in [0, 0.1) is 0 Å². The van der Waals surface area contributed by atoms with Crippen molar-refractivity contribution in [3.63, 3.8) is 0 Å². The van der Waals surface area contributed by atoms with E-state index in [1.165, 1.54) is 6.92 Å². The van der Waals surface area contributed by atoms with Crippen LogP contribution < -0.4 is 0 Å². The van der Waals surface area contributed by atoms with Crippen LogP contribution in [0.4, 0.5) is 0 Å². The maximum Gasteiger partial charge on any atom is 0.194 e. The summed E-state index contributed by atoms with van der Waals surface area (Å²) in [6.45, 7) is 1.45. The van der Waals surface area contributed by atoms with Gasteiger partial charge in [0, 0.05) is 22.5 Å². The molecule has 0 aliphatic heterocycles. The molecule has 0 unspecified atom stereocenters. The van der Waals surface area contributed by atoms with Gasteiger partial charge in [-0.1, -0.05) is 23.2 Å². The van der Waals surface area contributed by atoms with Gasteiger partial charge < -0.3 is 4.42 Å². The Labute approximate surface area is 103 Å². The molecule has 0 N–H and O–H groups in total. The second kappa shape index (κ2) is 4.32. The monoisotopic (exact) mass is 254 g/mol. The maximum atomic E-state index is 11.1. The van der Waals surface area contributed by atoms with Crippen LogP contribution in [0.3, 0.4) is 0 Å². The Morgan fingerprint density at radius 3 is 2.25 bits per heavy atom. The first kappa shape index (κ1) is 11.2. The van der Waals surface area contributed by atoms with E-state index >= 15 is 0 Å². The zero-order valence-electron chi connectivity index (χ0n) is 8.46. The van der Waals surface area contributed by atoms with Crippen LogP contribution in [0.25, 0.3) is 11.3 Å². The van der Waals surface area contributed by atoms with Gasteiger partial charge in [0.2, 0.25) is 0 Å². The normalized spacial score (nSPS) is 10.4. The summed E-state index contributed by atoms with van der Waals surface area (Å²) in [5.74, 6) is 0.792. The highest BCUT2D eigenvalue weighted by molar-refractivity contribution is 6.35. The Kier molecular flexibility index (Phi) is 3.03. The minimum absolute atomic E-state index is 0.112. The van der Waals surface area contributed by atoms with E-state index in [9.17, 15) is 4.79 Å². The molecule has 4 heteroatoms. The van der Waals surface area contributed by atoms with Crippen molar-refractivity contribution in [1.29, 1.82) is 0 Å². The number of halogens is 2. The molecule has 0 atom stereocenters. The quantitative estimate of drug-likeness (QED) is 0.741. The summed E-state index contributed by atoms with van der Waals surface area (Å²) in [5.41, 5.74) is 0.755. The molecule has 0 fully saturated rings. The molecule has 0 aliphatic rings. The Morgan fingerprint density at radius 2 is 1.75 bits per heavy atom. The smallest absolute Gasteiger partial charge is 0.194 e. The molecule has 0 radical (unpaired) electrons. The summed E-state index contributed by atoms with van der Waals surface area (Å²) >= 11 is 11.8. The Bertz CT molecular complexity index is 523. The highest BCUT2D eigenvalue weighted by Crippen LogP contribution is 2.28. The Hall–Kier alpha value is -1.25. The second-order valence-electron chi connectivity index (χ2n) is 3.38. The highest BCUT2D eigenvalue weighted by atomic mass is 35.5. The van der Waals surface area contributed by atoms with Crippen LogP contribution in [0.5, 0.6) is 0 Å². The van der Waals surface area contributed by atoms with Crippen LogP contribution in [-0.2, 0) is 0 Å². The number of benzene rings is 1. The number of rotatable bonds is 2. The first-order chi connectivity index (χ1) is 7.56. The number of carbonyl (C=O) groups is 1. The van der Waals surface area contributed by atoms with Crippen LogP contribution in [-0.4, -0.2) is 5.78 Å². The van der Waals surface area contributed by atoms with Crippen molar-refractivity contribution in [2.45, 2.75) is 6.92 Å². The maximum absolute atomic E-state index is 11.1. The number of carbonyl (C=O) groups excluding carboxylic acids is 1. The van der Waals surface area contributed by atoms with Crippen molar-refractivity contribution in [1.82, 2.24) is 0 Å². The summed E-state index contributed by atoms with van der Waals surface area (Å²) in [6.07, 6.45) is 0. The lowest BCUT2D eigenvalue weighted by atomic mass is 10.2. The van der Waals surface area contributed by atoms with Crippen molar-refractivity contribution in [3.05, 3.63) is 46.1 Å². The number of furan rings is 1. The van der Waals surface area contributed by atoms with Gasteiger partial charge in [-0.05, 0) is 30.3 Å². The zero-order valence-corrected chi connectivity index (χ0v) is 9.97. The fourth-order valence-electron chi connectivity index (χ4n) is 1.38. The van der Waals surface area contributed by atoms with Gasteiger partial charge in [0.15, 0.2) is 11.5 Å². The van der Waals surface area contributed by atoms with E-state index in [-0.39, 0.29) is 5.78 Å². The first-order valence-electron chi connectivity index (χ1n) is 4.63. The van der Waals surface area contributed by atoms with E-state index in [0.29, 0.717) is 21.6 Å². The summed E-state index contributed by atoms with van der Waals surface area (Å²) in [4.78, 5) is 11.1. The zero-order chi connectivity index (χ0) is 11.7. The molecule has 1 heterocycles. The molecule has 1 aromatic heterocycles.